The Morgan fingerprint density at radius 2 is 1.72 bits per heavy atom. The predicted octanol–water partition coefficient (Wildman–Crippen LogP) is 5.00. The second-order valence-electron chi connectivity index (χ2n) is 6.61. The van der Waals surface area contributed by atoms with E-state index in [-0.39, 0.29) is 4.90 Å². The standard InChI is InChI=1S/C22H19BrN2O3S/c1-28-22-13-6-5-12-19(22)21-15-20(16-8-7-9-17(23)14-16)24-25(21)29(26,27)18-10-3-2-4-11-18/h2-14,21H,15H2,1H3/t21-/m1/s1. The van der Waals surface area contributed by atoms with Gasteiger partial charge in [-0.05, 0) is 35.9 Å². The summed E-state index contributed by atoms with van der Waals surface area (Å²) >= 11 is 3.48. The van der Waals surface area contributed by atoms with E-state index in [9.17, 15) is 8.42 Å². The highest BCUT2D eigenvalue weighted by atomic mass is 79.9. The Kier molecular flexibility index (Phi) is 5.43. The normalized spacial score (nSPS) is 16.6. The van der Waals surface area contributed by atoms with E-state index in [2.05, 4.69) is 21.0 Å². The maximum absolute atomic E-state index is 13.4. The smallest absolute Gasteiger partial charge is 0.279 e. The highest BCUT2D eigenvalue weighted by molar-refractivity contribution is 9.10. The Bertz CT molecular complexity index is 1160. The molecule has 1 aliphatic rings. The first-order chi connectivity index (χ1) is 14.0. The van der Waals surface area contributed by atoms with E-state index < -0.39 is 16.1 Å². The first kappa shape index (κ1) is 19.7. The zero-order chi connectivity index (χ0) is 20.4. The number of rotatable bonds is 5. The van der Waals surface area contributed by atoms with Gasteiger partial charge in [0.05, 0.1) is 23.8 Å². The zero-order valence-corrected chi connectivity index (χ0v) is 18.1. The summed E-state index contributed by atoms with van der Waals surface area (Å²) in [5, 5.41) is 4.57. The average molecular weight is 471 g/mol. The Balaban J connectivity index is 1.84. The van der Waals surface area contributed by atoms with Crippen molar-refractivity contribution >= 4 is 31.7 Å². The average Bonchev–Trinajstić information content (AvgIpc) is 3.20. The van der Waals surface area contributed by atoms with Crippen molar-refractivity contribution in [2.45, 2.75) is 17.4 Å². The summed E-state index contributed by atoms with van der Waals surface area (Å²) in [4.78, 5) is 0.208. The first-order valence-electron chi connectivity index (χ1n) is 9.06. The van der Waals surface area contributed by atoms with Crippen LogP contribution in [0.4, 0.5) is 0 Å². The molecule has 3 aromatic carbocycles. The van der Waals surface area contributed by atoms with Crippen LogP contribution in [-0.2, 0) is 10.0 Å². The summed E-state index contributed by atoms with van der Waals surface area (Å²) in [7, 11) is -2.25. The molecule has 29 heavy (non-hydrogen) atoms. The van der Waals surface area contributed by atoms with Gasteiger partial charge in [0.15, 0.2) is 0 Å². The lowest BCUT2D eigenvalue weighted by molar-refractivity contribution is 0.350. The van der Waals surface area contributed by atoms with Crippen LogP contribution in [0, 0.1) is 0 Å². The molecule has 0 radical (unpaired) electrons. The summed E-state index contributed by atoms with van der Waals surface area (Å²) in [5.41, 5.74) is 2.37. The Morgan fingerprint density at radius 3 is 2.45 bits per heavy atom. The fourth-order valence-electron chi connectivity index (χ4n) is 3.43. The molecule has 0 bridgehead atoms. The van der Waals surface area contributed by atoms with E-state index in [1.54, 1.807) is 37.4 Å². The number of hydrogen-bond donors (Lipinski definition) is 0. The number of hydrogen-bond acceptors (Lipinski definition) is 4. The third-order valence-corrected chi connectivity index (χ3v) is 7.01. The molecule has 0 spiro atoms. The third-order valence-electron chi connectivity index (χ3n) is 4.82. The Hall–Kier alpha value is -2.64. The SMILES string of the molecule is COc1ccccc1[C@H]1CC(c2cccc(Br)c2)=NN1S(=O)(=O)c1ccccc1. The van der Waals surface area contributed by atoms with Gasteiger partial charge in [-0.1, -0.05) is 64.5 Å². The summed E-state index contributed by atoms with van der Waals surface area (Å²) in [6, 6.07) is 23.0. The monoisotopic (exact) mass is 470 g/mol. The molecule has 148 valence electrons. The lowest BCUT2D eigenvalue weighted by Crippen LogP contribution is -2.27. The van der Waals surface area contributed by atoms with Crippen molar-refractivity contribution in [1.82, 2.24) is 4.41 Å². The highest BCUT2D eigenvalue weighted by Crippen LogP contribution is 2.40. The lowest BCUT2D eigenvalue weighted by atomic mass is 9.98. The molecule has 0 unspecified atom stereocenters. The molecule has 1 aliphatic heterocycles. The van der Waals surface area contributed by atoms with Crippen molar-refractivity contribution in [1.29, 1.82) is 0 Å². The maximum Gasteiger partial charge on any atom is 0.279 e. The van der Waals surface area contributed by atoms with Crippen molar-refractivity contribution in [3.05, 3.63) is 94.5 Å². The van der Waals surface area contributed by atoms with Gasteiger partial charge in [-0.25, -0.2) is 0 Å². The Morgan fingerprint density at radius 1 is 1.00 bits per heavy atom. The van der Waals surface area contributed by atoms with Crippen molar-refractivity contribution < 1.29 is 13.2 Å². The second kappa shape index (κ2) is 8.00. The van der Waals surface area contributed by atoms with E-state index in [1.165, 1.54) is 4.41 Å². The molecule has 1 atom stereocenters. The highest BCUT2D eigenvalue weighted by Gasteiger charge is 2.38. The molecule has 0 fully saturated rings. The third kappa shape index (κ3) is 3.80. The van der Waals surface area contributed by atoms with Gasteiger partial charge in [0.1, 0.15) is 5.75 Å². The van der Waals surface area contributed by atoms with Gasteiger partial charge in [-0.2, -0.15) is 17.9 Å². The summed E-state index contributed by atoms with van der Waals surface area (Å²) < 4.78 is 34.5. The van der Waals surface area contributed by atoms with Crippen LogP contribution in [0.3, 0.4) is 0 Å². The van der Waals surface area contributed by atoms with E-state index >= 15 is 0 Å². The molecule has 3 aromatic rings. The van der Waals surface area contributed by atoms with E-state index in [0.29, 0.717) is 17.9 Å². The lowest BCUT2D eigenvalue weighted by Gasteiger charge is -2.24. The van der Waals surface area contributed by atoms with Crippen LogP contribution in [0.1, 0.15) is 23.6 Å². The zero-order valence-electron chi connectivity index (χ0n) is 15.7. The number of nitrogens with zero attached hydrogens (tertiary/aromatic N) is 2. The molecule has 0 aromatic heterocycles. The van der Waals surface area contributed by atoms with Gasteiger partial charge < -0.3 is 4.74 Å². The summed E-state index contributed by atoms with van der Waals surface area (Å²) in [6.07, 6.45) is 0.447. The number of ether oxygens (including phenoxy) is 1. The summed E-state index contributed by atoms with van der Waals surface area (Å²) in [5.74, 6) is 0.636. The van der Waals surface area contributed by atoms with Crippen LogP contribution in [0.2, 0.25) is 0 Å². The van der Waals surface area contributed by atoms with Crippen molar-refractivity contribution in [2.75, 3.05) is 7.11 Å². The van der Waals surface area contributed by atoms with Gasteiger partial charge in [-0.3, -0.25) is 0 Å². The Labute approximate surface area is 178 Å². The van der Waals surface area contributed by atoms with Crippen molar-refractivity contribution in [3.63, 3.8) is 0 Å². The van der Waals surface area contributed by atoms with Gasteiger partial charge in [0.2, 0.25) is 0 Å². The van der Waals surface area contributed by atoms with E-state index in [0.717, 1.165) is 15.6 Å². The molecule has 0 saturated heterocycles. The fraction of sp³-hybridized carbons (Fsp3) is 0.136. The predicted molar refractivity (Wildman–Crippen MR) is 116 cm³/mol. The molecule has 4 rings (SSSR count). The van der Waals surface area contributed by atoms with Crippen LogP contribution in [-0.4, -0.2) is 25.7 Å². The minimum Gasteiger partial charge on any atom is -0.496 e. The number of para-hydroxylation sites is 1. The fourth-order valence-corrected chi connectivity index (χ4v) is 5.27. The van der Waals surface area contributed by atoms with Gasteiger partial charge in [0, 0.05) is 16.5 Å². The maximum atomic E-state index is 13.4. The number of sulfonamides is 1. The number of methoxy groups -OCH3 is 1. The molecule has 0 N–H and O–H groups in total. The van der Waals surface area contributed by atoms with Crippen LogP contribution >= 0.6 is 15.9 Å². The van der Waals surface area contributed by atoms with E-state index in [1.807, 2.05) is 48.5 Å². The molecule has 1 heterocycles. The van der Waals surface area contributed by atoms with Crippen LogP contribution < -0.4 is 4.74 Å². The summed E-state index contributed by atoms with van der Waals surface area (Å²) in [6.45, 7) is 0. The van der Waals surface area contributed by atoms with Crippen molar-refractivity contribution in [3.8, 4) is 5.75 Å². The molecule has 7 heteroatoms. The van der Waals surface area contributed by atoms with Crippen LogP contribution in [0.5, 0.6) is 5.75 Å². The molecule has 0 saturated carbocycles. The second-order valence-corrected chi connectivity index (χ2v) is 9.32. The number of halogens is 1. The van der Waals surface area contributed by atoms with Crippen molar-refractivity contribution in [2.24, 2.45) is 5.10 Å². The number of benzene rings is 3. The topological polar surface area (TPSA) is 59.0 Å². The largest absolute Gasteiger partial charge is 0.496 e. The van der Waals surface area contributed by atoms with Gasteiger partial charge in [0.25, 0.3) is 10.0 Å². The van der Waals surface area contributed by atoms with Crippen LogP contribution in [0.25, 0.3) is 0 Å². The molecule has 5 nitrogen and oxygen atoms in total. The molecule has 0 amide bonds. The van der Waals surface area contributed by atoms with Gasteiger partial charge >= 0.3 is 0 Å². The van der Waals surface area contributed by atoms with Gasteiger partial charge in [-0.15, -0.1) is 0 Å². The minimum atomic E-state index is -3.83. The molecular formula is C22H19BrN2O3S. The molecular weight excluding hydrogens is 452 g/mol. The number of hydrazone groups is 1. The van der Waals surface area contributed by atoms with Crippen LogP contribution in [0.15, 0.2) is 93.3 Å². The van der Waals surface area contributed by atoms with E-state index in [4.69, 9.17) is 4.74 Å². The minimum absolute atomic E-state index is 0.208. The quantitative estimate of drug-likeness (QED) is 0.527. The molecule has 0 aliphatic carbocycles. The first-order valence-corrected chi connectivity index (χ1v) is 11.3.